The van der Waals surface area contributed by atoms with Crippen molar-refractivity contribution in [1.29, 1.82) is 0 Å². The molecule has 1 amide bonds. The molecule has 1 fully saturated rings. The lowest BCUT2D eigenvalue weighted by Crippen LogP contribution is -2.42. The van der Waals surface area contributed by atoms with Gasteiger partial charge < -0.3 is 14.7 Å². The van der Waals surface area contributed by atoms with Gasteiger partial charge in [0.05, 0.1) is 19.3 Å². The molecule has 1 saturated heterocycles. The summed E-state index contributed by atoms with van der Waals surface area (Å²) in [7, 11) is 0. The van der Waals surface area contributed by atoms with Gasteiger partial charge in [-0.15, -0.1) is 0 Å². The molecule has 0 aliphatic carbocycles. The zero-order valence-corrected chi connectivity index (χ0v) is 9.71. The zero-order chi connectivity index (χ0) is 12.1. The summed E-state index contributed by atoms with van der Waals surface area (Å²) in [5.41, 5.74) is 1.12. The van der Waals surface area contributed by atoms with Crippen molar-refractivity contribution in [3.05, 3.63) is 35.9 Å². The summed E-state index contributed by atoms with van der Waals surface area (Å²) >= 11 is 0. The van der Waals surface area contributed by atoms with E-state index >= 15 is 0 Å². The molecule has 0 saturated carbocycles. The summed E-state index contributed by atoms with van der Waals surface area (Å²) in [5, 5.41) is 8.91. The topological polar surface area (TPSA) is 49.8 Å². The van der Waals surface area contributed by atoms with Crippen LogP contribution in [0.1, 0.15) is 18.4 Å². The Labute approximate surface area is 101 Å². The van der Waals surface area contributed by atoms with E-state index < -0.39 is 6.09 Å². The highest BCUT2D eigenvalue weighted by atomic mass is 16.5. The minimum absolute atomic E-state index is 0.0278. The van der Waals surface area contributed by atoms with Crippen LogP contribution in [-0.2, 0) is 11.3 Å². The lowest BCUT2D eigenvalue weighted by atomic mass is 10.1. The molecule has 92 valence electrons. The van der Waals surface area contributed by atoms with Gasteiger partial charge in [0.25, 0.3) is 0 Å². The number of ether oxygens (including phenoxy) is 1. The second-order valence-electron chi connectivity index (χ2n) is 4.29. The lowest BCUT2D eigenvalue weighted by molar-refractivity contribution is -0.00609. The number of benzene rings is 1. The van der Waals surface area contributed by atoms with Crippen molar-refractivity contribution in [1.82, 2.24) is 4.90 Å². The van der Waals surface area contributed by atoms with E-state index in [0.29, 0.717) is 19.7 Å². The molecule has 2 rings (SSSR count). The Morgan fingerprint density at radius 3 is 2.88 bits per heavy atom. The number of carboxylic acid groups (broad SMARTS) is 1. The van der Waals surface area contributed by atoms with Gasteiger partial charge in [0, 0.05) is 6.54 Å². The molecule has 0 spiro atoms. The molecule has 1 aromatic rings. The fourth-order valence-corrected chi connectivity index (χ4v) is 2.04. The molecular weight excluding hydrogens is 218 g/mol. The standard InChI is InChI=1S/C13H17NO3/c15-13(16)14-8-4-7-12(9-14)17-10-11-5-2-1-3-6-11/h1-3,5-6,12H,4,7-10H2,(H,15,16). The van der Waals surface area contributed by atoms with Crippen molar-refractivity contribution >= 4 is 6.09 Å². The van der Waals surface area contributed by atoms with Gasteiger partial charge in [-0.1, -0.05) is 30.3 Å². The van der Waals surface area contributed by atoms with Gasteiger partial charge in [0.1, 0.15) is 0 Å². The molecule has 1 aromatic carbocycles. The third-order valence-electron chi connectivity index (χ3n) is 2.98. The van der Waals surface area contributed by atoms with Crippen LogP contribution in [0.25, 0.3) is 0 Å². The molecule has 17 heavy (non-hydrogen) atoms. The summed E-state index contributed by atoms with van der Waals surface area (Å²) in [4.78, 5) is 12.3. The third-order valence-corrected chi connectivity index (χ3v) is 2.98. The second kappa shape index (κ2) is 5.68. The second-order valence-corrected chi connectivity index (χ2v) is 4.29. The van der Waals surface area contributed by atoms with E-state index in [1.165, 1.54) is 4.90 Å². The third kappa shape index (κ3) is 3.46. The number of hydrogen-bond donors (Lipinski definition) is 1. The SMILES string of the molecule is O=C(O)N1CCCC(OCc2ccccc2)C1. The number of amides is 1. The minimum Gasteiger partial charge on any atom is -0.465 e. The van der Waals surface area contributed by atoms with E-state index in [1.807, 2.05) is 30.3 Å². The van der Waals surface area contributed by atoms with Crippen LogP contribution in [0.3, 0.4) is 0 Å². The fraction of sp³-hybridized carbons (Fsp3) is 0.462. The van der Waals surface area contributed by atoms with Gasteiger partial charge in [-0.3, -0.25) is 0 Å². The van der Waals surface area contributed by atoms with E-state index in [1.54, 1.807) is 0 Å². The van der Waals surface area contributed by atoms with Gasteiger partial charge >= 0.3 is 6.09 Å². The van der Waals surface area contributed by atoms with E-state index in [-0.39, 0.29) is 6.10 Å². The molecule has 1 N–H and O–H groups in total. The Morgan fingerprint density at radius 2 is 2.18 bits per heavy atom. The largest absolute Gasteiger partial charge is 0.465 e. The minimum atomic E-state index is -0.849. The highest BCUT2D eigenvalue weighted by Crippen LogP contribution is 2.15. The van der Waals surface area contributed by atoms with Crippen molar-refractivity contribution < 1.29 is 14.6 Å². The summed E-state index contributed by atoms with van der Waals surface area (Å²) < 4.78 is 5.74. The van der Waals surface area contributed by atoms with Gasteiger partial charge in [-0.05, 0) is 18.4 Å². The number of piperidine rings is 1. The van der Waals surface area contributed by atoms with Crippen molar-refractivity contribution in [2.45, 2.75) is 25.6 Å². The first-order chi connectivity index (χ1) is 8.25. The van der Waals surface area contributed by atoms with Crippen molar-refractivity contribution in [2.75, 3.05) is 13.1 Å². The predicted molar refractivity (Wildman–Crippen MR) is 63.9 cm³/mol. The van der Waals surface area contributed by atoms with Crippen LogP contribution in [0.5, 0.6) is 0 Å². The molecule has 4 heteroatoms. The van der Waals surface area contributed by atoms with Crippen LogP contribution in [0, 0.1) is 0 Å². The predicted octanol–water partition coefficient (Wildman–Crippen LogP) is 2.35. The van der Waals surface area contributed by atoms with Crippen LogP contribution in [-0.4, -0.2) is 35.3 Å². The van der Waals surface area contributed by atoms with E-state index in [9.17, 15) is 4.79 Å². The van der Waals surface area contributed by atoms with Crippen molar-refractivity contribution in [3.63, 3.8) is 0 Å². The highest BCUT2D eigenvalue weighted by Gasteiger charge is 2.23. The van der Waals surface area contributed by atoms with Gasteiger partial charge in [-0.2, -0.15) is 0 Å². The molecule has 0 bridgehead atoms. The summed E-state index contributed by atoms with van der Waals surface area (Å²) in [5.74, 6) is 0. The summed E-state index contributed by atoms with van der Waals surface area (Å²) in [6.07, 6.45) is 1.00. The molecule has 1 aliphatic heterocycles. The average Bonchev–Trinajstić information content (AvgIpc) is 2.38. The van der Waals surface area contributed by atoms with Crippen LogP contribution in [0.15, 0.2) is 30.3 Å². The first-order valence-electron chi connectivity index (χ1n) is 5.89. The van der Waals surface area contributed by atoms with E-state index in [2.05, 4.69) is 0 Å². The monoisotopic (exact) mass is 235 g/mol. The number of rotatable bonds is 3. The highest BCUT2D eigenvalue weighted by molar-refractivity contribution is 5.65. The van der Waals surface area contributed by atoms with E-state index in [0.717, 1.165) is 18.4 Å². The Kier molecular flexibility index (Phi) is 3.98. The lowest BCUT2D eigenvalue weighted by Gasteiger charge is -2.30. The smallest absolute Gasteiger partial charge is 0.407 e. The van der Waals surface area contributed by atoms with Gasteiger partial charge in [-0.25, -0.2) is 4.79 Å². The number of nitrogens with zero attached hydrogens (tertiary/aromatic N) is 1. The quantitative estimate of drug-likeness (QED) is 0.874. The Balaban J connectivity index is 1.81. The van der Waals surface area contributed by atoms with Crippen LogP contribution in [0.4, 0.5) is 4.79 Å². The molecule has 4 nitrogen and oxygen atoms in total. The van der Waals surface area contributed by atoms with Gasteiger partial charge in [0.2, 0.25) is 0 Å². The maximum atomic E-state index is 10.8. The molecule has 1 aliphatic rings. The summed E-state index contributed by atoms with van der Waals surface area (Å²) in [6, 6.07) is 9.94. The Hall–Kier alpha value is -1.55. The first-order valence-corrected chi connectivity index (χ1v) is 5.89. The molecule has 0 aromatic heterocycles. The van der Waals surface area contributed by atoms with Gasteiger partial charge in [0.15, 0.2) is 0 Å². The molecule has 1 unspecified atom stereocenters. The molecule has 0 radical (unpaired) electrons. The molecule has 1 atom stereocenters. The zero-order valence-electron chi connectivity index (χ0n) is 9.71. The fourth-order valence-electron chi connectivity index (χ4n) is 2.04. The first kappa shape index (κ1) is 11.9. The van der Waals surface area contributed by atoms with Crippen LogP contribution in [0.2, 0.25) is 0 Å². The average molecular weight is 235 g/mol. The molecule has 1 heterocycles. The maximum absolute atomic E-state index is 10.8. The van der Waals surface area contributed by atoms with Crippen LogP contribution < -0.4 is 0 Å². The number of likely N-dealkylation sites (tertiary alicyclic amines) is 1. The normalized spacial score (nSPS) is 20.2. The number of hydrogen-bond acceptors (Lipinski definition) is 2. The van der Waals surface area contributed by atoms with Crippen LogP contribution >= 0.6 is 0 Å². The Bertz CT molecular complexity index is 366. The Morgan fingerprint density at radius 1 is 1.41 bits per heavy atom. The molecular formula is C13H17NO3. The van der Waals surface area contributed by atoms with Crippen molar-refractivity contribution in [3.8, 4) is 0 Å². The number of carbonyl (C=O) groups is 1. The summed E-state index contributed by atoms with van der Waals surface area (Å²) in [6.45, 7) is 1.67. The van der Waals surface area contributed by atoms with Crippen molar-refractivity contribution in [2.24, 2.45) is 0 Å². The maximum Gasteiger partial charge on any atom is 0.407 e. The van der Waals surface area contributed by atoms with E-state index in [4.69, 9.17) is 9.84 Å².